The second-order valence-corrected chi connectivity index (χ2v) is 4.50. The number of benzene rings is 2. The molecule has 0 aliphatic heterocycles. The molecule has 0 bridgehead atoms. The maximum Gasteiger partial charge on any atom is 0.419 e. The lowest BCUT2D eigenvalue weighted by molar-refractivity contribution is -0.126. The van der Waals surface area contributed by atoms with E-state index < -0.39 is 13.2 Å². The zero-order chi connectivity index (χ0) is 13.9. The van der Waals surface area contributed by atoms with E-state index in [9.17, 15) is 9.18 Å². The van der Waals surface area contributed by atoms with Gasteiger partial charge in [0.25, 0.3) is 0 Å². The fourth-order valence-corrected chi connectivity index (χ4v) is 2.80. The van der Waals surface area contributed by atoms with Crippen LogP contribution in [0.4, 0.5) is 4.39 Å². The average Bonchev–Trinajstić information content (AvgIpc) is 2.82. The number of halogens is 1. The predicted molar refractivity (Wildman–Crippen MR) is 71.3 cm³/mol. The highest BCUT2D eigenvalue weighted by molar-refractivity contribution is 5.79. The van der Waals surface area contributed by atoms with Gasteiger partial charge >= 0.3 is 6.47 Å². The van der Waals surface area contributed by atoms with Crippen molar-refractivity contribution in [3.05, 3.63) is 59.7 Å². The van der Waals surface area contributed by atoms with Gasteiger partial charge < -0.3 is 9.47 Å². The summed E-state index contributed by atoms with van der Waals surface area (Å²) in [4.78, 5) is 10.5. The molecule has 1 unspecified atom stereocenters. The standard InChI is InChI=1S/C16H12FO3/c17-9-19-16(20-10-18)15-13-7-3-1-5-11(13)12-6-2-4-8-14(12)15/h1-8,15-16H,9H2. The minimum Gasteiger partial charge on any atom is -0.426 e. The van der Waals surface area contributed by atoms with Crippen LogP contribution in [0.15, 0.2) is 48.5 Å². The van der Waals surface area contributed by atoms with Gasteiger partial charge in [-0.1, -0.05) is 48.5 Å². The molecule has 1 aliphatic rings. The normalized spacial score (nSPS) is 14.4. The minimum atomic E-state index is -1.02. The molecule has 0 N–H and O–H groups in total. The number of ether oxygens (including phenoxy) is 2. The van der Waals surface area contributed by atoms with Gasteiger partial charge in [-0.25, -0.2) is 9.18 Å². The molecule has 0 fully saturated rings. The van der Waals surface area contributed by atoms with Gasteiger partial charge in [-0.2, -0.15) is 0 Å². The van der Waals surface area contributed by atoms with Crippen molar-refractivity contribution in [1.29, 1.82) is 0 Å². The minimum absolute atomic E-state index is 0.334. The molecule has 101 valence electrons. The first-order valence-electron chi connectivity index (χ1n) is 6.25. The molecule has 2 aromatic carbocycles. The number of rotatable bonds is 5. The molecule has 0 heterocycles. The first-order valence-corrected chi connectivity index (χ1v) is 6.25. The van der Waals surface area contributed by atoms with E-state index in [1.165, 1.54) is 6.47 Å². The van der Waals surface area contributed by atoms with Gasteiger partial charge in [0.2, 0.25) is 6.29 Å². The van der Waals surface area contributed by atoms with Gasteiger partial charge in [0.1, 0.15) is 0 Å². The molecule has 4 heteroatoms. The van der Waals surface area contributed by atoms with Crippen LogP contribution in [0, 0.1) is 0 Å². The molecule has 0 aromatic heterocycles. The Hall–Kier alpha value is -2.20. The second-order valence-electron chi connectivity index (χ2n) is 4.50. The van der Waals surface area contributed by atoms with Crippen LogP contribution in [0.2, 0.25) is 0 Å². The lowest BCUT2D eigenvalue weighted by atomic mass is 9.96. The quantitative estimate of drug-likeness (QED) is 0.784. The van der Waals surface area contributed by atoms with Gasteiger partial charge in [0.05, 0.1) is 5.92 Å². The summed E-state index contributed by atoms with van der Waals surface area (Å²) in [5, 5.41) is 0. The highest BCUT2D eigenvalue weighted by Crippen LogP contribution is 2.46. The van der Waals surface area contributed by atoms with Crippen LogP contribution in [-0.4, -0.2) is 19.6 Å². The van der Waals surface area contributed by atoms with Crippen molar-refractivity contribution in [3.63, 3.8) is 0 Å². The average molecular weight is 271 g/mol. The number of hydrogen-bond donors (Lipinski definition) is 0. The van der Waals surface area contributed by atoms with Crippen molar-refractivity contribution in [2.45, 2.75) is 12.2 Å². The Kier molecular flexibility index (Phi) is 3.48. The van der Waals surface area contributed by atoms with E-state index in [1.807, 2.05) is 48.5 Å². The van der Waals surface area contributed by atoms with Crippen molar-refractivity contribution >= 4 is 6.47 Å². The third-order valence-corrected chi connectivity index (χ3v) is 3.55. The summed E-state index contributed by atoms with van der Waals surface area (Å²) in [6, 6.07) is 15.5. The molecular weight excluding hydrogens is 259 g/mol. The largest absolute Gasteiger partial charge is 0.426 e. The maximum absolute atomic E-state index is 12.5. The first kappa shape index (κ1) is 12.8. The monoisotopic (exact) mass is 271 g/mol. The third-order valence-electron chi connectivity index (χ3n) is 3.55. The summed E-state index contributed by atoms with van der Waals surface area (Å²) in [6.07, 6.45) is -1.01. The molecule has 20 heavy (non-hydrogen) atoms. The second kappa shape index (κ2) is 5.43. The van der Waals surface area contributed by atoms with Crippen molar-refractivity contribution in [2.75, 3.05) is 6.86 Å². The van der Waals surface area contributed by atoms with E-state index in [2.05, 4.69) is 0 Å². The van der Waals surface area contributed by atoms with E-state index in [4.69, 9.17) is 9.47 Å². The van der Waals surface area contributed by atoms with Crippen LogP contribution in [0.5, 0.6) is 0 Å². The highest BCUT2D eigenvalue weighted by atomic mass is 19.1. The summed E-state index contributed by atoms with van der Waals surface area (Å²) in [5.74, 6) is -0.334. The lowest BCUT2D eigenvalue weighted by Crippen LogP contribution is -2.24. The Balaban J connectivity index is 2.12. The Bertz CT molecular complexity index is 581. The molecule has 3 rings (SSSR count). The summed E-state index contributed by atoms with van der Waals surface area (Å²) in [7, 11) is 0. The Morgan fingerprint density at radius 1 is 1.05 bits per heavy atom. The Morgan fingerprint density at radius 3 is 2.10 bits per heavy atom. The van der Waals surface area contributed by atoms with Gasteiger partial charge in [0.15, 0.2) is 6.86 Å². The van der Waals surface area contributed by atoms with Gasteiger partial charge in [-0.3, -0.25) is 0 Å². The molecule has 1 aliphatic carbocycles. The van der Waals surface area contributed by atoms with Crippen LogP contribution < -0.4 is 0 Å². The molecule has 0 amide bonds. The van der Waals surface area contributed by atoms with Crippen LogP contribution in [0.25, 0.3) is 11.1 Å². The Labute approximate surface area is 115 Å². The molecule has 1 atom stereocenters. The van der Waals surface area contributed by atoms with Crippen molar-refractivity contribution in [1.82, 2.24) is 0 Å². The summed E-state index contributed by atoms with van der Waals surface area (Å²) >= 11 is 0. The molecule has 0 saturated carbocycles. The zero-order valence-corrected chi connectivity index (χ0v) is 10.6. The lowest BCUT2D eigenvalue weighted by Gasteiger charge is -2.22. The maximum atomic E-state index is 12.5. The van der Waals surface area contributed by atoms with E-state index >= 15 is 0 Å². The number of alkyl halides is 1. The number of fused-ring (bicyclic) bond motifs is 3. The van der Waals surface area contributed by atoms with E-state index in [-0.39, 0.29) is 5.92 Å². The van der Waals surface area contributed by atoms with Crippen LogP contribution in [0.1, 0.15) is 17.0 Å². The zero-order valence-electron chi connectivity index (χ0n) is 10.6. The van der Waals surface area contributed by atoms with E-state index in [0.29, 0.717) is 0 Å². The van der Waals surface area contributed by atoms with Crippen molar-refractivity contribution in [2.24, 2.45) is 0 Å². The Morgan fingerprint density at radius 2 is 1.60 bits per heavy atom. The number of hydrogen-bond acceptors (Lipinski definition) is 3. The SMILES string of the molecule is O=[C]OC(OCF)C1c2ccccc2-c2ccccc21. The summed E-state index contributed by atoms with van der Waals surface area (Å²) < 4.78 is 22.3. The van der Waals surface area contributed by atoms with Gasteiger partial charge in [-0.15, -0.1) is 0 Å². The van der Waals surface area contributed by atoms with Crippen molar-refractivity contribution < 1.29 is 18.7 Å². The summed E-state index contributed by atoms with van der Waals surface area (Å²) in [6.45, 7) is 0.329. The topological polar surface area (TPSA) is 35.5 Å². The van der Waals surface area contributed by atoms with Crippen molar-refractivity contribution in [3.8, 4) is 11.1 Å². The van der Waals surface area contributed by atoms with E-state index in [1.54, 1.807) is 0 Å². The van der Waals surface area contributed by atoms with Gasteiger partial charge in [-0.05, 0) is 22.3 Å². The molecular formula is C16H12FO3. The number of carbonyl (C=O) groups excluding carboxylic acids is 1. The molecule has 0 saturated heterocycles. The smallest absolute Gasteiger partial charge is 0.419 e. The molecule has 0 spiro atoms. The highest BCUT2D eigenvalue weighted by Gasteiger charge is 2.36. The fraction of sp³-hybridized carbons (Fsp3) is 0.188. The summed E-state index contributed by atoms with van der Waals surface area (Å²) in [5.41, 5.74) is 4.02. The molecule has 2 aromatic rings. The van der Waals surface area contributed by atoms with E-state index in [0.717, 1.165) is 22.3 Å². The molecule has 3 nitrogen and oxygen atoms in total. The van der Waals surface area contributed by atoms with Crippen LogP contribution in [0.3, 0.4) is 0 Å². The molecule has 1 radical (unpaired) electrons. The first-order chi connectivity index (χ1) is 9.86. The third kappa shape index (κ3) is 1.98. The predicted octanol–water partition coefficient (Wildman–Crippen LogP) is 3.15. The van der Waals surface area contributed by atoms with Gasteiger partial charge in [0, 0.05) is 0 Å². The van der Waals surface area contributed by atoms with Crippen LogP contribution >= 0.6 is 0 Å². The fourth-order valence-electron chi connectivity index (χ4n) is 2.80. The van der Waals surface area contributed by atoms with Crippen LogP contribution in [-0.2, 0) is 14.3 Å².